The number of anilines is 1. The Bertz CT molecular complexity index is 239. The van der Waals surface area contributed by atoms with Gasteiger partial charge in [-0.3, -0.25) is 4.98 Å². The SMILES string of the molecule is N=Cc1c(N)cncc1Br. The summed E-state index contributed by atoms with van der Waals surface area (Å²) in [7, 11) is 0. The van der Waals surface area contributed by atoms with Crippen LogP contribution in [0.15, 0.2) is 16.9 Å². The standard InChI is InChI=1S/C6H6BrN3/c7-5-2-10-3-6(9)4(5)1-8/h1-3,8H,9H2. The van der Waals surface area contributed by atoms with Crippen molar-refractivity contribution in [2.45, 2.75) is 0 Å². The van der Waals surface area contributed by atoms with Gasteiger partial charge in [0.15, 0.2) is 0 Å². The Morgan fingerprint density at radius 3 is 2.70 bits per heavy atom. The number of aromatic nitrogens is 1. The molecule has 0 aliphatic carbocycles. The van der Waals surface area contributed by atoms with Crippen LogP contribution in [-0.2, 0) is 0 Å². The predicted molar refractivity (Wildman–Crippen MR) is 44.2 cm³/mol. The number of nitrogens with zero attached hydrogens (tertiary/aromatic N) is 1. The van der Waals surface area contributed by atoms with E-state index in [2.05, 4.69) is 20.9 Å². The fraction of sp³-hybridized carbons (Fsp3) is 0. The molecule has 0 saturated heterocycles. The minimum atomic E-state index is 0.518. The summed E-state index contributed by atoms with van der Waals surface area (Å²) in [5.41, 5.74) is 6.68. The van der Waals surface area contributed by atoms with Gasteiger partial charge in [-0.1, -0.05) is 0 Å². The number of nitrogens with two attached hydrogens (primary N) is 1. The summed E-state index contributed by atoms with van der Waals surface area (Å²) in [5, 5.41) is 6.96. The molecule has 3 nitrogen and oxygen atoms in total. The molecule has 0 unspecified atom stereocenters. The summed E-state index contributed by atoms with van der Waals surface area (Å²) in [6.45, 7) is 0. The average Bonchev–Trinajstić information content (AvgIpc) is 1.88. The Hall–Kier alpha value is -0.900. The minimum absolute atomic E-state index is 0.518. The van der Waals surface area contributed by atoms with Crippen LogP contribution >= 0.6 is 15.9 Å². The van der Waals surface area contributed by atoms with E-state index in [0.717, 1.165) is 4.47 Å². The lowest BCUT2D eigenvalue weighted by Gasteiger charge is -1.98. The van der Waals surface area contributed by atoms with E-state index in [0.29, 0.717) is 11.3 Å². The van der Waals surface area contributed by atoms with Gasteiger partial charge in [-0.15, -0.1) is 0 Å². The molecular weight excluding hydrogens is 194 g/mol. The number of pyridine rings is 1. The highest BCUT2D eigenvalue weighted by Gasteiger charge is 1.99. The topological polar surface area (TPSA) is 62.8 Å². The summed E-state index contributed by atoms with van der Waals surface area (Å²) in [5.74, 6) is 0. The number of halogens is 1. The van der Waals surface area contributed by atoms with Crippen molar-refractivity contribution in [3.05, 3.63) is 22.4 Å². The molecule has 10 heavy (non-hydrogen) atoms. The fourth-order valence-electron chi connectivity index (χ4n) is 0.612. The lowest BCUT2D eigenvalue weighted by Crippen LogP contribution is -1.94. The van der Waals surface area contributed by atoms with Gasteiger partial charge in [-0.05, 0) is 15.9 Å². The third-order valence-corrected chi connectivity index (χ3v) is 1.75. The molecule has 0 spiro atoms. The zero-order valence-corrected chi connectivity index (χ0v) is 6.72. The molecule has 1 rings (SSSR count). The Labute approximate surface area is 66.9 Å². The molecule has 3 N–H and O–H groups in total. The van der Waals surface area contributed by atoms with E-state index in [-0.39, 0.29) is 0 Å². The van der Waals surface area contributed by atoms with Crippen LogP contribution < -0.4 is 5.73 Å². The second kappa shape index (κ2) is 2.79. The largest absolute Gasteiger partial charge is 0.397 e. The average molecular weight is 200 g/mol. The van der Waals surface area contributed by atoms with Gasteiger partial charge in [0.05, 0.1) is 11.9 Å². The quantitative estimate of drug-likeness (QED) is 0.673. The van der Waals surface area contributed by atoms with Gasteiger partial charge in [0, 0.05) is 22.4 Å². The maximum Gasteiger partial charge on any atom is 0.0601 e. The summed E-state index contributed by atoms with van der Waals surface area (Å²) in [4.78, 5) is 3.82. The first-order chi connectivity index (χ1) is 4.75. The highest BCUT2D eigenvalue weighted by Crippen LogP contribution is 2.17. The number of hydrogen-bond donors (Lipinski definition) is 2. The lowest BCUT2D eigenvalue weighted by molar-refractivity contribution is 1.30. The molecule has 0 radical (unpaired) electrons. The van der Waals surface area contributed by atoms with Crippen LogP contribution in [0.2, 0.25) is 0 Å². The van der Waals surface area contributed by atoms with E-state index in [1.807, 2.05) is 0 Å². The zero-order chi connectivity index (χ0) is 7.56. The first-order valence-electron chi connectivity index (χ1n) is 2.65. The second-order valence-corrected chi connectivity index (χ2v) is 2.62. The Kier molecular flexibility index (Phi) is 2.01. The molecule has 4 heteroatoms. The highest BCUT2D eigenvalue weighted by atomic mass is 79.9. The minimum Gasteiger partial charge on any atom is -0.397 e. The molecule has 0 amide bonds. The monoisotopic (exact) mass is 199 g/mol. The van der Waals surface area contributed by atoms with Crippen molar-refractivity contribution in [1.29, 1.82) is 5.41 Å². The van der Waals surface area contributed by atoms with Crippen molar-refractivity contribution in [2.75, 3.05) is 5.73 Å². The highest BCUT2D eigenvalue weighted by molar-refractivity contribution is 9.10. The van der Waals surface area contributed by atoms with Crippen LogP contribution in [0.25, 0.3) is 0 Å². The van der Waals surface area contributed by atoms with Gasteiger partial charge in [0.1, 0.15) is 0 Å². The van der Waals surface area contributed by atoms with E-state index >= 15 is 0 Å². The third kappa shape index (κ3) is 1.16. The van der Waals surface area contributed by atoms with E-state index in [1.165, 1.54) is 12.4 Å². The molecule has 1 aromatic heterocycles. The van der Waals surface area contributed by atoms with Crippen LogP contribution in [0.4, 0.5) is 5.69 Å². The number of nitrogens with one attached hydrogen (secondary N) is 1. The van der Waals surface area contributed by atoms with Crippen LogP contribution in [0.1, 0.15) is 5.56 Å². The molecule has 1 heterocycles. The molecule has 52 valence electrons. The first-order valence-corrected chi connectivity index (χ1v) is 3.44. The van der Waals surface area contributed by atoms with E-state index in [9.17, 15) is 0 Å². The van der Waals surface area contributed by atoms with Crippen LogP contribution in [0, 0.1) is 5.41 Å². The molecule has 0 saturated carbocycles. The van der Waals surface area contributed by atoms with Crippen molar-refractivity contribution in [3.8, 4) is 0 Å². The fourth-order valence-corrected chi connectivity index (χ4v) is 1.07. The van der Waals surface area contributed by atoms with Crippen LogP contribution in [0.3, 0.4) is 0 Å². The molecule has 0 atom stereocenters. The summed E-state index contributed by atoms with van der Waals surface area (Å²) in [6.07, 6.45) is 4.32. The molecule has 0 aliphatic rings. The molecular formula is C6H6BrN3. The second-order valence-electron chi connectivity index (χ2n) is 1.77. The summed E-state index contributed by atoms with van der Waals surface area (Å²) >= 11 is 3.21. The molecule has 0 aromatic carbocycles. The Morgan fingerprint density at radius 2 is 2.30 bits per heavy atom. The smallest absolute Gasteiger partial charge is 0.0601 e. The van der Waals surface area contributed by atoms with Gasteiger partial charge < -0.3 is 11.1 Å². The number of hydrogen-bond acceptors (Lipinski definition) is 3. The molecule has 0 bridgehead atoms. The molecule has 0 aliphatic heterocycles. The van der Waals surface area contributed by atoms with Crippen molar-refractivity contribution in [1.82, 2.24) is 4.98 Å². The Morgan fingerprint density at radius 1 is 1.60 bits per heavy atom. The normalized spacial score (nSPS) is 9.30. The Balaban J connectivity index is 3.30. The van der Waals surface area contributed by atoms with Gasteiger partial charge in [0.2, 0.25) is 0 Å². The van der Waals surface area contributed by atoms with Crippen molar-refractivity contribution in [3.63, 3.8) is 0 Å². The lowest BCUT2D eigenvalue weighted by atomic mass is 10.2. The van der Waals surface area contributed by atoms with Gasteiger partial charge in [0.25, 0.3) is 0 Å². The van der Waals surface area contributed by atoms with E-state index in [4.69, 9.17) is 11.1 Å². The number of nitrogen functional groups attached to an aromatic ring is 1. The van der Waals surface area contributed by atoms with Crippen LogP contribution in [0.5, 0.6) is 0 Å². The first kappa shape index (κ1) is 7.21. The maximum atomic E-state index is 6.96. The van der Waals surface area contributed by atoms with Gasteiger partial charge in [-0.25, -0.2) is 0 Å². The van der Waals surface area contributed by atoms with Gasteiger partial charge in [-0.2, -0.15) is 0 Å². The van der Waals surface area contributed by atoms with Crippen molar-refractivity contribution >= 4 is 27.8 Å². The zero-order valence-electron chi connectivity index (χ0n) is 5.13. The van der Waals surface area contributed by atoms with Crippen molar-refractivity contribution < 1.29 is 0 Å². The summed E-state index contributed by atoms with van der Waals surface area (Å²) in [6, 6.07) is 0. The third-order valence-electron chi connectivity index (χ3n) is 1.11. The molecule has 0 fully saturated rings. The summed E-state index contributed by atoms with van der Waals surface area (Å²) < 4.78 is 0.752. The van der Waals surface area contributed by atoms with Gasteiger partial charge >= 0.3 is 0 Å². The predicted octanol–water partition coefficient (Wildman–Crippen LogP) is 1.42. The van der Waals surface area contributed by atoms with Crippen LogP contribution in [-0.4, -0.2) is 11.2 Å². The van der Waals surface area contributed by atoms with E-state index in [1.54, 1.807) is 6.20 Å². The number of rotatable bonds is 1. The molecule has 1 aromatic rings. The maximum absolute atomic E-state index is 6.96. The van der Waals surface area contributed by atoms with E-state index < -0.39 is 0 Å². The van der Waals surface area contributed by atoms with Crippen molar-refractivity contribution in [2.24, 2.45) is 0 Å².